The van der Waals surface area contributed by atoms with Crippen LogP contribution in [0, 0.1) is 23.7 Å². The van der Waals surface area contributed by atoms with Gasteiger partial charge in [0.1, 0.15) is 6.61 Å². The maximum Gasteiger partial charge on any atom is 0.338 e. The maximum atomic E-state index is 13.2. The van der Waals surface area contributed by atoms with Crippen LogP contribution in [0.5, 0.6) is 0 Å². The van der Waals surface area contributed by atoms with E-state index in [9.17, 15) is 18.0 Å². The third-order valence-electron chi connectivity index (χ3n) is 7.03. The molecule has 0 radical (unpaired) electrons. The highest BCUT2D eigenvalue weighted by atomic mass is 32.2. The first-order chi connectivity index (χ1) is 15.9. The molecule has 3 aliphatic carbocycles. The molecule has 4 unspecified atom stereocenters. The van der Waals surface area contributed by atoms with E-state index >= 15 is 0 Å². The predicted molar refractivity (Wildman–Crippen MR) is 127 cm³/mol. The second-order valence-electron chi connectivity index (χ2n) is 8.97. The van der Waals surface area contributed by atoms with Crippen molar-refractivity contribution in [3.63, 3.8) is 0 Å². The molecular weight excluding hydrogens is 462 g/mol. The Labute approximate surface area is 199 Å². The second kappa shape index (κ2) is 10.6. The number of nitrogens with one attached hydrogen (secondary N) is 1. The molecule has 4 rings (SSSR count). The minimum atomic E-state index is -3.41. The summed E-state index contributed by atoms with van der Waals surface area (Å²) in [6.07, 6.45) is 9.08. The number of fused-ring (bicyclic) bond motifs is 5. The molecule has 1 N–H and O–H groups in total. The molecule has 2 bridgehead atoms. The number of carbonyl (C=O) groups is 2. The molecule has 2 saturated carbocycles. The van der Waals surface area contributed by atoms with E-state index in [0.717, 1.165) is 12.8 Å². The van der Waals surface area contributed by atoms with Crippen molar-refractivity contribution >= 4 is 33.5 Å². The van der Waals surface area contributed by atoms with Gasteiger partial charge in [-0.1, -0.05) is 12.2 Å². The molecule has 9 heteroatoms. The third kappa shape index (κ3) is 5.46. The van der Waals surface area contributed by atoms with E-state index in [0.29, 0.717) is 48.1 Å². The van der Waals surface area contributed by atoms with Gasteiger partial charge < -0.3 is 14.8 Å². The second-order valence-corrected chi connectivity index (χ2v) is 12.1. The van der Waals surface area contributed by atoms with Gasteiger partial charge in [-0.15, -0.1) is 0 Å². The Kier molecular flexibility index (Phi) is 7.81. The lowest BCUT2D eigenvalue weighted by molar-refractivity contribution is -0.118. The van der Waals surface area contributed by atoms with Crippen LogP contribution >= 0.6 is 11.8 Å². The van der Waals surface area contributed by atoms with E-state index in [-0.39, 0.29) is 29.3 Å². The van der Waals surface area contributed by atoms with E-state index in [4.69, 9.17) is 9.47 Å². The first-order valence-electron chi connectivity index (χ1n) is 11.4. The lowest BCUT2D eigenvalue weighted by Gasteiger charge is -2.18. The molecular formula is C24H31NO6S2. The van der Waals surface area contributed by atoms with Crippen molar-refractivity contribution in [2.75, 3.05) is 38.4 Å². The van der Waals surface area contributed by atoms with Crippen LogP contribution in [0.1, 0.15) is 29.6 Å². The van der Waals surface area contributed by atoms with Gasteiger partial charge >= 0.3 is 5.97 Å². The van der Waals surface area contributed by atoms with Gasteiger partial charge in [-0.05, 0) is 73.5 Å². The number of hydrogen-bond acceptors (Lipinski definition) is 7. The van der Waals surface area contributed by atoms with Crippen molar-refractivity contribution in [3.8, 4) is 0 Å². The summed E-state index contributed by atoms with van der Waals surface area (Å²) < 4.78 is 36.9. The Morgan fingerprint density at radius 2 is 1.67 bits per heavy atom. The number of thioether (sulfide) groups is 1. The van der Waals surface area contributed by atoms with Crippen molar-refractivity contribution in [2.24, 2.45) is 23.7 Å². The molecule has 2 fully saturated rings. The number of hydrogen-bond donors (Lipinski definition) is 1. The van der Waals surface area contributed by atoms with Crippen molar-refractivity contribution in [2.45, 2.75) is 29.4 Å². The fourth-order valence-electron chi connectivity index (χ4n) is 5.48. The first kappa shape index (κ1) is 24.3. The SMILES string of the molecule is CSCC(=O)NCCOCCOC(=O)c1ccc(S(=O)(=O)C2CC3C4C=CC(C4)C3C2)cc1. The normalized spacial score (nSPS) is 27.5. The Balaban J connectivity index is 1.20. The Morgan fingerprint density at radius 1 is 1.00 bits per heavy atom. The van der Waals surface area contributed by atoms with Gasteiger partial charge in [-0.25, -0.2) is 13.2 Å². The minimum absolute atomic E-state index is 0.0390. The topological polar surface area (TPSA) is 98.8 Å². The summed E-state index contributed by atoms with van der Waals surface area (Å²) in [4.78, 5) is 23.8. The number of allylic oxidation sites excluding steroid dienone is 2. The zero-order chi connectivity index (χ0) is 23.4. The average Bonchev–Trinajstić information content (AvgIpc) is 3.52. The number of carbonyl (C=O) groups excluding carboxylic acids is 2. The molecule has 1 aromatic carbocycles. The molecule has 33 heavy (non-hydrogen) atoms. The minimum Gasteiger partial charge on any atom is -0.460 e. The molecule has 0 aliphatic heterocycles. The lowest BCUT2D eigenvalue weighted by Crippen LogP contribution is -2.29. The molecule has 1 aromatic rings. The van der Waals surface area contributed by atoms with Gasteiger partial charge in [0, 0.05) is 6.54 Å². The van der Waals surface area contributed by atoms with Gasteiger partial charge in [0.05, 0.1) is 34.7 Å². The van der Waals surface area contributed by atoms with Gasteiger partial charge in [-0.2, -0.15) is 11.8 Å². The molecule has 1 amide bonds. The molecule has 180 valence electrons. The molecule has 4 atom stereocenters. The third-order valence-corrected chi connectivity index (χ3v) is 9.77. The molecule has 0 aromatic heterocycles. The van der Waals surface area contributed by atoms with Crippen LogP contribution in [-0.4, -0.2) is 63.9 Å². The summed E-state index contributed by atoms with van der Waals surface area (Å²) in [5.41, 5.74) is 0.309. The molecule has 0 heterocycles. The van der Waals surface area contributed by atoms with Crippen LogP contribution in [0.15, 0.2) is 41.3 Å². The summed E-state index contributed by atoms with van der Waals surface area (Å²) in [7, 11) is -3.41. The monoisotopic (exact) mass is 493 g/mol. The zero-order valence-corrected chi connectivity index (χ0v) is 20.4. The highest BCUT2D eigenvalue weighted by molar-refractivity contribution is 7.99. The van der Waals surface area contributed by atoms with Crippen LogP contribution in [0.25, 0.3) is 0 Å². The fraction of sp³-hybridized carbons (Fsp3) is 0.583. The molecule has 0 saturated heterocycles. The lowest BCUT2D eigenvalue weighted by atomic mass is 9.86. The predicted octanol–water partition coefficient (Wildman–Crippen LogP) is 2.71. The molecule has 3 aliphatic rings. The van der Waals surface area contributed by atoms with E-state index in [2.05, 4.69) is 17.5 Å². The highest BCUT2D eigenvalue weighted by Crippen LogP contribution is 2.56. The Hall–Kier alpha value is -1.84. The standard InChI is InChI=1S/C24H31NO6S2/c1-32-15-23(26)25-8-9-30-10-11-31-24(27)16-4-6-19(7-5-16)33(28,29)20-13-21-17-2-3-18(12-17)22(21)14-20/h2-7,17-18,20-22H,8-15H2,1H3,(H,25,26). The fourth-order valence-corrected chi connectivity index (χ4v) is 7.70. The summed E-state index contributed by atoms with van der Waals surface area (Å²) >= 11 is 1.45. The van der Waals surface area contributed by atoms with Crippen LogP contribution in [-0.2, 0) is 24.1 Å². The zero-order valence-electron chi connectivity index (χ0n) is 18.8. The number of ether oxygens (including phenoxy) is 2. The van der Waals surface area contributed by atoms with E-state index in [1.165, 1.54) is 42.4 Å². The first-order valence-corrected chi connectivity index (χ1v) is 14.4. The number of rotatable bonds is 11. The summed E-state index contributed by atoms with van der Waals surface area (Å²) in [5.74, 6) is 1.97. The van der Waals surface area contributed by atoms with Crippen molar-refractivity contribution in [1.29, 1.82) is 0 Å². The van der Waals surface area contributed by atoms with Crippen molar-refractivity contribution in [3.05, 3.63) is 42.0 Å². The highest BCUT2D eigenvalue weighted by Gasteiger charge is 2.52. The Bertz CT molecular complexity index is 971. The number of sulfone groups is 1. The van der Waals surface area contributed by atoms with Gasteiger partial charge in [0.2, 0.25) is 5.91 Å². The molecule has 0 spiro atoms. The van der Waals surface area contributed by atoms with E-state index in [1.807, 2.05) is 6.26 Å². The largest absolute Gasteiger partial charge is 0.460 e. The van der Waals surface area contributed by atoms with Gasteiger partial charge in [-0.3, -0.25) is 4.79 Å². The average molecular weight is 494 g/mol. The quantitative estimate of drug-likeness (QED) is 0.287. The van der Waals surface area contributed by atoms with Crippen molar-refractivity contribution in [1.82, 2.24) is 5.32 Å². The number of esters is 1. The van der Waals surface area contributed by atoms with Gasteiger partial charge in [0.25, 0.3) is 0 Å². The summed E-state index contributed by atoms with van der Waals surface area (Å²) in [5, 5.41) is 2.39. The Morgan fingerprint density at radius 3 is 2.30 bits per heavy atom. The van der Waals surface area contributed by atoms with Crippen LogP contribution < -0.4 is 5.32 Å². The maximum absolute atomic E-state index is 13.2. The van der Waals surface area contributed by atoms with E-state index < -0.39 is 15.8 Å². The van der Waals surface area contributed by atoms with E-state index in [1.54, 1.807) is 0 Å². The van der Waals surface area contributed by atoms with Crippen LogP contribution in [0.4, 0.5) is 0 Å². The smallest absolute Gasteiger partial charge is 0.338 e. The van der Waals surface area contributed by atoms with Gasteiger partial charge in [0.15, 0.2) is 9.84 Å². The number of benzene rings is 1. The summed E-state index contributed by atoms with van der Waals surface area (Å²) in [6.45, 7) is 1.05. The number of amides is 1. The van der Waals surface area contributed by atoms with Crippen LogP contribution in [0.2, 0.25) is 0 Å². The van der Waals surface area contributed by atoms with Crippen molar-refractivity contribution < 1.29 is 27.5 Å². The van der Waals surface area contributed by atoms with Crippen LogP contribution in [0.3, 0.4) is 0 Å². The summed E-state index contributed by atoms with van der Waals surface area (Å²) in [6, 6.07) is 6.05. The molecule has 7 nitrogen and oxygen atoms in total.